The lowest BCUT2D eigenvalue weighted by Crippen LogP contribution is -3.00. The van der Waals surface area contributed by atoms with Crippen LogP contribution in [0.4, 0.5) is 4.39 Å². The Morgan fingerprint density at radius 2 is 1.57 bits per heavy atom. The van der Waals surface area contributed by atoms with Crippen molar-refractivity contribution < 1.29 is 16.8 Å². The van der Waals surface area contributed by atoms with Crippen molar-refractivity contribution in [3.63, 3.8) is 0 Å². The fourth-order valence-electron chi connectivity index (χ4n) is 3.39. The maximum absolute atomic E-state index is 13.4. The van der Waals surface area contributed by atoms with Gasteiger partial charge in [-0.2, -0.15) is 0 Å². The molecular weight excluding hydrogens is 416 g/mol. The van der Waals surface area contributed by atoms with E-state index in [1.807, 2.05) is 36.4 Å². The van der Waals surface area contributed by atoms with E-state index in [1.165, 1.54) is 12.1 Å². The zero-order chi connectivity index (χ0) is 18.8. The van der Waals surface area contributed by atoms with Gasteiger partial charge in [0.2, 0.25) is 0 Å². The lowest BCUT2D eigenvalue weighted by atomic mass is 9.90. The Hall–Kier alpha value is -2.13. The molecule has 142 valence electrons. The number of aromatic nitrogens is 1. The molecule has 0 radical (unpaired) electrons. The molecule has 0 bridgehead atoms. The summed E-state index contributed by atoms with van der Waals surface area (Å²) in [5.41, 5.74) is 5.72. The molecule has 0 aliphatic carbocycles. The highest BCUT2D eigenvalue weighted by molar-refractivity contribution is 6.31. The topological polar surface area (TPSA) is 12.9 Å². The smallest absolute Gasteiger partial charge is 0.123 e. The molecule has 0 N–H and O–H groups in total. The molecule has 0 atom stereocenters. The number of alkyl halides is 1. The Morgan fingerprint density at radius 3 is 2.25 bits per heavy atom. The number of pyridine rings is 1. The maximum atomic E-state index is 13.4. The first-order valence-corrected chi connectivity index (χ1v) is 9.58. The third-order valence-electron chi connectivity index (χ3n) is 4.57. The molecule has 0 amide bonds. The van der Waals surface area contributed by atoms with E-state index < -0.39 is 0 Å². The summed E-state index contributed by atoms with van der Waals surface area (Å²) in [5.74, 6) is 0.190. The largest absolute Gasteiger partial charge is 1.00 e. The van der Waals surface area contributed by atoms with Gasteiger partial charge >= 0.3 is 0 Å². The molecule has 1 heterocycles. The van der Waals surface area contributed by atoms with Gasteiger partial charge in [-0.05, 0) is 65.6 Å². The second-order valence-electron chi connectivity index (χ2n) is 6.29. The Kier molecular flexibility index (Phi) is 6.56. The van der Waals surface area contributed by atoms with Gasteiger partial charge < -0.3 is 12.4 Å². The molecular formula is C23H16Cl3FN-. The highest BCUT2D eigenvalue weighted by Crippen LogP contribution is 2.38. The fourth-order valence-corrected chi connectivity index (χ4v) is 3.75. The Labute approximate surface area is 179 Å². The molecule has 5 heteroatoms. The zero-order valence-electron chi connectivity index (χ0n) is 14.8. The summed E-state index contributed by atoms with van der Waals surface area (Å²) in [6, 6.07) is 22.3. The second kappa shape index (κ2) is 8.91. The first kappa shape index (κ1) is 20.6. The molecule has 0 unspecified atom stereocenters. The standard InChI is InChI=1S/C23H16Cl2FN.ClH/c24-13-12-19-22(15-4-2-1-3-5-15)20-14-17(25)8-11-21(20)27-23(19)16-6-9-18(26)10-7-16;/h1-11,14H,12-13H2;1H/p-1. The van der Waals surface area contributed by atoms with Crippen molar-refractivity contribution in [1.29, 1.82) is 0 Å². The van der Waals surface area contributed by atoms with Crippen molar-refractivity contribution in [2.45, 2.75) is 6.42 Å². The molecule has 28 heavy (non-hydrogen) atoms. The van der Waals surface area contributed by atoms with Gasteiger partial charge in [-0.3, -0.25) is 0 Å². The van der Waals surface area contributed by atoms with Crippen LogP contribution in [-0.4, -0.2) is 10.9 Å². The van der Waals surface area contributed by atoms with Gasteiger partial charge in [-0.15, -0.1) is 11.6 Å². The van der Waals surface area contributed by atoms with Crippen LogP contribution in [0.25, 0.3) is 33.3 Å². The average Bonchev–Trinajstić information content (AvgIpc) is 2.69. The minimum Gasteiger partial charge on any atom is -1.00 e. The van der Waals surface area contributed by atoms with E-state index in [9.17, 15) is 4.39 Å². The predicted molar refractivity (Wildman–Crippen MR) is 112 cm³/mol. The van der Waals surface area contributed by atoms with Crippen LogP contribution < -0.4 is 12.4 Å². The van der Waals surface area contributed by atoms with Crippen molar-refractivity contribution in [2.24, 2.45) is 0 Å². The number of benzene rings is 3. The summed E-state index contributed by atoms with van der Waals surface area (Å²) in [6.07, 6.45) is 0.647. The van der Waals surface area contributed by atoms with Crippen LogP contribution >= 0.6 is 23.2 Å². The minimum atomic E-state index is -0.270. The van der Waals surface area contributed by atoms with Gasteiger partial charge in [-0.25, -0.2) is 9.37 Å². The number of fused-ring (bicyclic) bond motifs is 1. The van der Waals surface area contributed by atoms with Crippen LogP contribution in [0.1, 0.15) is 5.56 Å². The van der Waals surface area contributed by atoms with Gasteiger partial charge in [0.05, 0.1) is 11.2 Å². The SMILES string of the molecule is Fc1ccc(-c2nc3ccc(Cl)cc3c(-c3ccccc3)c2CCCl)cc1.[Cl-]. The molecule has 0 spiro atoms. The van der Waals surface area contributed by atoms with Crippen LogP contribution in [0.5, 0.6) is 0 Å². The number of rotatable bonds is 4. The molecule has 1 aromatic heterocycles. The fraction of sp³-hybridized carbons (Fsp3) is 0.0870. The molecule has 0 saturated heterocycles. The number of hydrogen-bond acceptors (Lipinski definition) is 1. The van der Waals surface area contributed by atoms with Gasteiger partial charge in [0, 0.05) is 21.9 Å². The van der Waals surface area contributed by atoms with E-state index in [1.54, 1.807) is 12.1 Å². The van der Waals surface area contributed by atoms with E-state index in [4.69, 9.17) is 28.2 Å². The summed E-state index contributed by atoms with van der Waals surface area (Å²) in [7, 11) is 0. The van der Waals surface area contributed by atoms with Crippen molar-refractivity contribution in [2.75, 3.05) is 5.88 Å². The normalized spacial score (nSPS) is 10.7. The Morgan fingerprint density at radius 1 is 0.857 bits per heavy atom. The van der Waals surface area contributed by atoms with E-state index >= 15 is 0 Å². The summed E-state index contributed by atoms with van der Waals surface area (Å²) < 4.78 is 13.4. The molecule has 0 aliphatic rings. The van der Waals surface area contributed by atoms with Crippen LogP contribution in [-0.2, 0) is 6.42 Å². The lowest BCUT2D eigenvalue weighted by Gasteiger charge is -2.17. The van der Waals surface area contributed by atoms with Crippen molar-refractivity contribution in [3.8, 4) is 22.4 Å². The number of hydrogen-bond donors (Lipinski definition) is 0. The molecule has 3 aromatic carbocycles. The highest BCUT2D eigenvalue weighted by atomic mass is 35.5. The summed E-state index contributed by atoms with van der Waals surface area (Å²) in [5, 5.41) is 1.65. The molecule has 0 fully saturated rings. The molecule has 0 saturated carbocycles. The number of halogens is 4. The van der Waals surface area contributed by atoms with E-state index in [0.29, 0.717) is 17.3 Å². The average molecular weight is 432 g/mol. The van der Waals surface area contributed by atoms with Gasteiger partial charge in [0.15, 0.2) is 0 Å². The van der Waals surface area contributed by atoms with Crippen molar-refractivity contribution >= 4 is 34.1 Å². The third-order valence-corrected chi connectivity index (χ3v) is 5.00. The number of nitrogens with zero attached hydrogens (tertiary/aromatic N) is 1. The third kappa shape index (κ3) is 4.00. The van der Waals surface area contributed by atoms with E-state index in [0.717, 1.165) is 38.9 Å². The summed E-state index contributed by atoms with van der Waals surface area (Å²) in [6.45, 7) is 0. The van der Waals surface area contributed by atoms with E-state index in [-0.39, 0.29) is 18.2 Å². The van der Waals surface area contributed by atoms with E-state index in [2.05, 4.69) is 12.1 Å². The first-order valence-electron chi connectivity index (χ1n) is 8.67. The Bertz CT molecular complexity index is 1100. The monoisotopic (exact) mass is 430 g/mol. The maximum Gasteiger partial charge on any atom is 0.123 e. The van der Waals surface area contributed by atoms with Crippen LogP contribution in [0.2, 0.25) is 5.02 Å². The van der Waals surface area contributed by atoms with Gasteiger partial charge in [-0.1, -0.05) is 41.9 Å². The lowest BCUT2D eigenvalue weighted by molar-refractivity contribution is -0.00000572. The molecule has 0 aliphatic heterocycles. The van der Waals surface area contributed by atoms with Crippen LogP contribution in [0, 0.1) is 5.82 Å². The van der Waals surface area contributed by atoms with Crippen molar-refractivity contribution in [1.82, 2.24) is 4.98 Å². The first-order chi connectivity index (χ1) is 13.2. The zero-order valence-corrected chi connectivity index (χ0v) is 17.1. The Balaban J connectivity index is 0.00000225. The van der Waals surface area contributed by atoms with Crippen LogP contribution in [0.3, 0.4) is 0 Å². The molecule has 4 aromatic rings. The second-order valence-corrected chi connectivity index (χ2v) is 7.10. The summed E-state index contributed by atoms with van der Waals surface area (Å²) in [4.78, 5) is 4.88. The van der Waals surface area contributed by atoms with Crippen LogP contribution in [0.15, 0.2) is 72.8 Å². The highest BCUT2D eigenvalue weighted by Gasteiger charge is 2.18. The van der Waals surface area contributed by atoms with Gasteiger partial charge in [0.25, 0.3) is 0 Å². The minimum absolute atomic E-state index is 0. The summed E-state index contributed by atoms with van der Waals surface area (Å²) >= 11 is 12.4. The molecule has 4 rings (SSSR count). The molecule has 1 nitrogen and oxygen atoms in total. The van der Waals surface area contributed by atoms with Crippen molar-refractivity contribution in [3.05, 3.63) is 89.2 Å². The quantitative estimate of drug-likeness (QED) is 0.442. The van der Waals surface area contributed by atoms with Gasteiger partial charge in [0.1, 0.15) is 5.82 Å². The predicted octanol–water partition coefficient (Wildman–Crippen LogP) is 4.15.